The zero-order chi connectivity index (χ0) is 15.6. The molecule has 7 nitrogen and oxygen atoms in total. The van der Waals surface area contributed by atoms with Crippen molar-refractivity contribution in [1.82, 2.24) is 4.98 Å². The van der Waals surface area contributed by atoms with Crippen LogP contribution < -0.4 is 0 Å². The number of rotatable bonds is 4. The monoisotopic (exact) mass is 308 g/mol. The van der Waals surface area contributed by atoms with Gasteiger partial charge in [0.15, 0.2) is 0 Å². The predicted octanol–water partition coefficient (Wildman–Crippen LogP) is 3.14. The number of non-ortho nitro benzene ring substituents is 1. The normalized spacial score (nSPS) is 10.4. The Balaban J connectivity index is 2.42. The minimum Gasteiger partial charge on any atom is -0.465 e. The molecule has 0 radical (unpaired) electrons. The summed E-state index contributed by atoms with van der Waals surface area (Å²) in [4.78, 5) is 26.7. The van der Waals surface area contributed by atoms with Crippen LogP contribution in [0.15, 0.2) is 32.7 Å². The Bertz CT molecular complexity index is 691. The lowest BCUT2D eigenvalue weighted by Crippen LogP contribution is -2.04. The summed E-state index contributed by atoms with van der Waals surface area (Å²) < 4.78 is 10.1. The molecule has 2 rings (SSSR count). The Labute approximate surface area is 124 Å². The summed E-state index contributed by atoms with van der Waals surface area (Å²) in [5.74, 6) is 0.0280. The van der Waals surface area contributed by atoms with Crippen LogP contribution in [0.5, 0.6) is 0 Å². The van der Waals surface area contributed by atoms with Gasteiger partial charge in [0.05, 0.1) is 23.3 Å². The average Bonchev–Trinajstić information content (AvgIpc) is 2.76. The first-order valence-corrected chi connectivity index (χ1v) is 6.72. The Morgan fingerprint density at radius 2 is 2.14 bits per heavy atom. The van der Waals surface area contributed by atoms with E-state index in [1.807, 2.05) is 0 Å². The summed E-state index contributed by atoms with van der Waals surface area (Å²) in [5, 5.41) is 11.2. The molecular weight excluding hydrogens is 296 g/mol. The van der Waals surface area contributed by atoms with Crippen molar-refractivity contribution >= 4 is 23.4 Å². The lowest BCUT2D eigenvalue weighted by atomic mass is 10.2. The number of methoxy groups -OCH3 is 1. The van der Waals surface area contributed by atoms with Gasteiger partial charge < -0.3 is 9.15 Å². The molecule has 0 unspecified atom stereocenters. The third-order valence-electron chi connectivity index (χ3n) is 2.79. The molecule has 0 saturated heterocycles. The molecule has 0 amide bonds. The fourth-order valence-electron chi connectivity index (χ4n) is 1.57. The Kier molecular flexibility index (Phi) is 4.27. The van der Waals surface area contributed by atoms with Gasteiger partial charge in [-0.05, 0) is 31.7 Å². The van der Waals surface area contributed by atoms with E-state index in [0.717, 1.165) is 17.5 Å². The maximum atomic E-state index is 11.8. The molecule has 0 saturated carbocycles. The fourth-order valence-corrected chi connectivity index (χ4v) is 2.50. The van der Waals surface area contributed by atoms with Crippen molar-refractivity contribution in [3.05, 3.63) is 45.3 Å². The highest BCUT2D eigenvalue weighted by Gasteiger charge is 2.19. The van der Waals surface area contributed by atoms with Gasteiger partial charge in [0.1, 0.15) is 5.76 Å². The maximum Gasteiger partial charge on any atom is 0.339 e. The molecule has 1 aromatic heterocycles. The number of hydrogen-bond donors (Lipinski definition) is 0. The van der Waals surface area contributed by atoms with Crippen LogP contribution in [0.2, 0.25) is 0 Å². The average molecular weight is 308 g/mol. The molecule has 0 aliphatic carbocycles. The van der Waals surface area contributed by atoms with E-state index in [4.69, 9.17) is 4.42 Å². The van der Waals surface area contributed by atoms with Gasteiger partial charge in [-0.15, -0.1) is 0 Å². The molecule has 0 N–H and O–H groups in total. The zero-order valence-electron chi connectivity index (χ0n) is 11.6. The van der Waals surface area contributed by atoms with Crippen LogP contribution in [-0.4, -0.2) is 23.0 Å². The number of aryl methyl sites for hydroxylation is 2. The smallest absolute Gasteiger partial charge is 0.339 e. The van der Waals surface area contributed by atoms with Crippen LogP contribution in [0.4, 0.5) is 5.69 Å². The number of ether oxygens (including phenoxy) is 1. The van der Waals surface area contributed by atoms with Crippen molar-refractivity contribution < 1.29 is 18.9 Å². The van der Waals surface area contributed by atoms with Crippen LogP contribution in [0, 0.1) is 24.0 Å². The summed E-state index contributed by atoms with van der Waals surface area (Å²) in [6.45, 7) is 3.59. The highest BCUT2D eigenvalue weighted by atomic mass is 32.2. The Hall–Kier alpha value is -2.35. The molecule has 0 aliphatic rings. The Morgan fingerprint density at radius 1 is 1.43 bits per heavy atom. The number of nitro benzene ring substituents is 1. The fraction of sp³-hybridized carbons (Fsp3) is 0.231. The second kappa shape index (κ2) is 5.96. The van der Waals surface area contributed by atoms with Crippen LogP contribution >= 0.6 is 11.8 Å². The van der Waals surface area contributed by atoms with Gasteiger partial charge in [-0.25, -0.2) is 9.78 Å². The standard InChI is InChI=1S/C13H12N2O5S/c1-7-8(2)20-13(14-7)21-11-5-4-9(15(17)18)6-10(11)12(16)19-3/h4-6H,1-3H3. The van der Waals surface area contributed by atoms with Crippen LogP contribution in [0.3, 0.4) is 0 Å². The van der Waals surface area contributed by atoms with Crippen molar-refractivity contribution in [3.8, 4) is 0 Å². The van der Waals surface area contributed by atoms with Crippen LogP contribution in [0.1, 0.15) is 21.8 Å². The Morgan fingerprint density at radius 3 is 2.67 bits per heavy atom. The predicted molar refractivity (Wildman–Crippen MR) is 74.5 cm³/mol. The maximum absolute atomic E-state index is 11.8. The molecule has 8 heteroatoms. The molecule has 0 fully saturated rings. The quantitative estimate of drug-likeness (QED) is 0.486. The van der Waals surface area contributed by atoms with Gasteiger partial charge >= 0.3 is 5.97 Å². The highest BCUT2D eigenvalue weighted by Crippen LogP contribution is 2.33. The number of esters is 1. The molecule has 1 heterocycles. The summed E-state index contributed by atoms with van der Waals surface area (Å²) in [5.41, 5.74) is 0.670. The van der Waals surface area contributed by atoms with E-state index in [9.17, 15) is 14.9 Å². The largest absolute Gasteiger partial charge is 0.465 e. The number of benzene rings is 1. The van der Waals surface area contributed by atoms with E-state index < -0.39 is 10.9 Å². The number of oxazole rings is 1. The second-order valence-electron chi connectivity index (χ2n) is 4.15. The van der Waals surface area contributed by atoms with Gasteiger partial charge in [-0.2, -0.15) is 0 Å². The third-order valence-corrected chi connectivity index (χ3v) is 3.71. The number of hydrogen-bond acceptors (Lipinski definition) is 7. The lowest BCUT2D eigenvalue weighted by Gasteiger charge is -2.05. The van der Waals surface area contributed by atoms with Gasteiger partial charge in [-0.3, -0.25) is 10.1 Å². The molecule has 2 aromatic rings. The first-order valence-electron chi connectivity index (χ1n) is 5.91. The van der Waals surface area contributed by atoms with E-state index in [-0.39, 0.29) is 11.3 Å². The van der Waals surface area contributed by atoms with E-state index in [1.165, 1.54) is 25.3 Å². The van der Waals surface area contributed by atoms with E-state index >= 15 is 0 Å². The number of carbonyl (C=O) groups is 1. The second-order valence-corrected chi connectivity index (χ2v) is 5.15. The van der Waals surface area contributed by atoms with Crippen molar-refractivity contribution in [1.29, 1.82) is 0 Å². The van der Waals surface area contributed by atoms with Crippen molar-refractivity contribution in [2.75, 3.05) is 7.11 Å². The van der Waals surface area contributed by atoms with E-state index in [2.05, 4.69) is 9.72 Å². The van der Waals surface area contributed by atoms with E-state index in [1.54, 1.807) is 13.8 Å². The molecule has 0 atom stereocenters. The molecule has 0 bridgehead atoms. The molecule has 110 valence electrons. The molecule has 21 heavy (non-hydrogen) atoms. The third kappa shape index (κ3) is 3.22. The van der Waals surface area contributed by atoms with Gasteiger partial charge in [0, 0.05) is 17.0 Å². The van der Waals surface area contributed by atoms with Crippen LogP contribution in [-0.2, 0) is 4.74 Å². The molecule has 1 aromatic carbocycles. The van der Waals surface area contributed by atoms with Gasteiger partial charge in [-0.1, -0.05) is 0 Å². The lowest BCUT2D eigenvalue weighted by molar-refractivity contribution is -0.384. The van der Waals surface area contributed by atoms with Crippen molar-refractivity contribution in [2.45, 2.75) is 24.0 Å². The number of aromatic nitrogens is 1. The van der Waals surface area contributed by atoms with Crippen molar-refractivity contribution in [2.24, 2.45) is 0 Å². The highest BCUT2D eigenvalue weighted by molar-refractivity contribution is 7.99. The van der Waals surface area contributed by atoms with Crippen molar-refractivity contribution in [3.63, 3.8) is 0 Å². The number of carbonyl (C=O) groups excluding carboxylic acids is 1. The van der Waals surface area contributed by atoms with E-state index in [0.29, 0.717) is 15.9 Å². The minimum absolute atomic E-state index is 0.102. The zero-order valence-corrected chi connectivity index (χ0v) is 12.4. The summed E-state index contributed by atoms with van der Waals surface area (Å²) >= 11 is 1.11. The summed E-state index contributed by atoms with van der Waals surface area (Å²) in [6.07, 6.45) is 0. The molecule has 0 aliphatic heterocycles. The number of nitro groups is 1. The topological polar surface area (TPSA) is 95.5 Å². The van der Waals surface area contributed by atoms with Gasteiger partial charge in [0.2, 0.25) is 0 Å². The summed E-state index contributed by atoms with van der Waals surface area (Å²) in [7, 11) is 1.22. The summed E-state index contributed by atoms with van der Waals surface area (Å²) in [6, 6.07) is 3.97. The van der Waals surface area contributed by atoms with Gasteiger partial charge in [0.25, 0.3) is 10.9 Å². The molecule has 0 spiro atoms. The van der Waals surface area contributed by atoms with Crippen LogP contribution in [0.25, 0.3) is 0 Å². The molecular formula is C13H12N2O5S. The number of nitrogens with zero attached hydrogens (tertiary/aromatic N) is 2. The SMILES string of the molecule is COC(=O)c1cc([N+](=O)[O-])ccc1Sc1nc(C)c(C)o1. The first kappa shape index (κ1) is 15.0. The minimum atomic E-state index is -0.652. The first-order chi connectivity index (χ1) is 9.92.